The molecule has 3 rings (SSSR count). The van der Waals surface area contributed by atoms with Gasteiger partial charge in [0.05, 0.1) is 22.7 Å². The zero-order valence-corrected chi connectivity index (χ0v) is 17.9. The molecule has 32 heavy (non-hydrogen) atoms. The van der Waals surface area contributed by atoms with Crippen molar-refractivity contribution in [2.75, 3.05) is 10.8 Å². The number of aldehydes is 1. The van der Waals surface area contributed by atoms with Crippen LogP contribution in [0.5, 0.6) is 0 Å². The molecule has 0 unspecified atom stereocenters. The molecule has 0 aliphatic rings. The van der Waals surface area contributed by atoms with Crippen LogP contribution in [0.1, 0.15) is 27.0 Å². The lowest BCUT2D eigenvalue weighted by molar-refractivity contribution is -0.137. The first-order chi connectivity index (χ1) is 15.1. The van der Waals surface area contributed by atoms with Crippen molar-refractivity contribution in [3.63, 3.8) is 0 Å². The highest BCUT2D eigenvalue weighted by Crippen LogP contribution is 2.29. The van der Waals surface area contributed by atoms with Gasteiger partial charge in [0.25, 0.3) is 10.0 Å². The van der Waals surface area contributed by atoms with Gasteiger partial charge in [-0.05, 0) is 48.9 Å². The summed E-state index contributed by atoms with van der Waals surface area (Å²) in [5.74, 6) is 0. The third kappa shape index (κ3) is 5.45. The highest BCUT2D eigenvalue weighted by molar-refractivity contribution is 7.92. The maximum absolute atomic E-state index is 13.3. The van der Waals surface area contributed by atoms with Crippen molar-refractivity contribution < 1.29 is 26.4 Å². The van der Waals surface area contributed by atoms with Crippen molar-refractivity contribution in [1.29, 1.82) is 0 Å². The Balaban J connectivity index is 1.93. The Labute approximate surface area is 184 Å². The number of benzene rings is 3. The van der Waals surface area contributed by atoms with Gasteiger partial charge < -0.3 is 0 Å². The zero-order chi connectivity index (χ0) is 23.4. The van der Waals surface area contributed by atoms with E-state index in [1.807, 2.05) is 6.92 Å². The van der Waals surface area contributed by atoms with Crippen LogP contribution in [0.15, 0.2) is 83.8 Å². The van der Waals surface area contributed by atoms with E-state index in [2.05, 4.69) is 0 Å². The normalized spacial score (nSPS) is 12.1. The number of carbonyl (C=O) groups excluding carboxylic acids is 1. The topological polar surface area (TPSA) is 54.5 Å². The molecule has 0 saturated carbocycles. The van der Waals surface area contributed by atoms with Crippen LogP contribution >= 0.6 is 0 Å². The van der Waals surface area contributed by atoms with Crippen LogP contribution < -0.4 is 4.31 Å². The molecule has 8 heteroatoms. The number of anilines is 1. The molecule has 0 aromatic heterocycles. The predicted octanol–water partition coefficient (Wildman–Crippen LogP) is 5.74. The van der Waals surface area contributed by atoms with Crippen molar-refractivity contribution >= 4 is 28.1 Å². The Kier molecular flexibility index (Phi) is 6.84. The lowest BCUT2D eigenvalue weighted by Crippen LogP contribution is -2.31. The number of alkyl halides is 3. The summed E-state index contributed by atoms with van der Waals surface area (Å²) >= 11 is 0. The lowest BCUT2D eigenvalue weighted by Gasteiger charge is -2.23. The molecule has 0 aliphatic carbocycles. The molecule has 166 valence electrons. The van der Waals surface area contributed by atoms with E-state index in [0.717, 1.165) is 22.0 Å². The molecule has 0 bridgehead atoms. The summed E-state index contributed by atoms with van der Waals surface area (Å²) in [4.78, 5) is 11.3. The van der Waals surface area contributed by atoms with Crippen LogP contribution in [-0.4, -0.2) is 21.2 Å². The summed E-state index contributed by atoms with van der Waals surface area (Å²) in [5, 5.41) is 0. The van der Waals surface area contributed by atoms with Gasteiger partial charge in [-0.1, -0.05) is 54.1 Å². The number of sulfonamides is 1. The van der Waals surface area contributed by atoms with E-state index in [-0.39, 0.29) is 11.4 Å². The second kappa shape index (κ2) is 9.40. The molecule has 3 aromatic carbocycles. The van der Waals surface area contributed by atoms with E-state index in [9.17, 15) is 26.4 Å². The molecule has 0 heterocycles. The van der Waals surface area contributed by atoms with Crippen LogP contribution in [-0.2, 0) is 16.2 Å². The number of carbonyl (C=O) groups is 1. The number of halogens is 3. The SMILES string of the molecule is Cc1ccc(S(=O)(=O)N(C/C=C/c2ccc(C(F)(F)F)cc2)c2cccc(C=O)c2)cc1. The Bertz CT molecular complexity index is 1220. The molecule has 0 amide bonds. The van der Waals surface area contributed by atoms with Crippen molar-refractivity contribution in [3.8, 4) is 0 Å². The summed E-state index contributed by atoms with van der Waals surface area (Å²) < 4.78 is 66.0. The molecule has 0 N–H and O–H groups in total. The number of rotatable bonds is 7. The summed E-state index contributed by atoms with van der Waals surface area (Å²) in [6.07, 6.45) is -0.716. The Hall–Kier alpha value is -3.39. The minimum absolute atomic E-state index is 0.0838. The van der Waals surface area contributed by atoms with Crippen LogP contribution in [0.3, 0.4) is 0 Å². The molecule has 0 spiro atoms. The maximum Gasteiger partial charge on any atom is 0.416 e. The molecule has 0 atom stereocenters. The third-order valence-corrected chi connectivity index (χ3v) is 6.53. The maximum atomic E-state index is 13.3. The van der Waals surface area contributed by atoms with Gasteiger partial charge >= 0.3 is 6.18 Å². The van der Waals surface area contributed by atoms with Gasteiger partial charge in [-0.3, -0.25) is 9.10 Å². The summed E-state index contributed by atoms with van der Waals surface area (Å²) in [7, 11) is -3.96. The van der Waals surface area contributed by atoms with Crippen LogP contribution in [0, 0.1) is 6.92 Å². The van der Waals surface area contributed by atoms with Crippen LogP contribution in [0.4, 0.5) is 18.9 Å². The Morgan fingerprint density at radius 3 is 2.16 bits per heavy atom. The molecule has 4 nitrogen and oxygen atoms in total. The molecule has 3 aromatic rings. The summed E-state index contributed by atoms with van der Waals surface area (Å²) in [6, 6.07) is 17.1. The third-order valence-electron chi connectivity index (χ3n) is 4.72. The van der Waals surface area contributed by atoms with Crippen LogP contribution in [0.2, 0.25) is 0 Å². The molecule has 0 fully saturated rings. The largest absolute Gasteiger partial charge is 0.416 e. The Morgan fingerprint density at radius 2 is 1.56 bits per heavy atom. The molecular formula is C24H20F3NO3S. The highest BCUT2D eigenvalue weighted by atomic mass is 32.2. The van der Waals surface area contributed by atoms with Gasteiger partial charge in [0.15, 0.2) is 0 Å². The van der Waals surface area contributed by atoms with Crippen LogP contribution in [0.25, 0.3) is 6.08 Å². The fourth-order valence-electron chi connectivity index (χ4n) is 3.00. The van der Waals surface area contributed by atoms with E-state index in [4.69, 9.17) is 0 Å². The first-order valence-corrected chi connectivity index (χ1v) is 11.0. The summed E-state index contributed by atoms with van der Waals surface area (Å²) in [6.45, 7) is 1.76. The van der Waals surface area contributed by atoms with E-state index in [1.54, 1.807) is 42.5 Å². The smallest absolute Gasteiger partial charge is 0.298 e. The van der Waals surface area contributed by atoms with Gasteiger partial charge in [0.2, 0.25) is 0 Å². The average molecular weight is 459 g/mol. The minimum atomic E-state index is -4.43. The van der Waals surface area contributed by atoms with Gasteiger partial charge in [-0.2, -0.15) is 13.2 Å². The van der Waals surface area contributed by atoms with Crippen molar-refractivity contribution in [1.82, 2.24) is 0 Å². The lowest BCUT2D eigenvalue weighted by atomic mass is 10.1. The number of hydrogen-bond donors (Lipinski definition) is 0. The second-order valence-corrected chi connectivity index (χ2v) is 8.95. The Morgan fingerprint density at radius 1 is 0.906 bits per heavy atom. The van der Waals surface area contributed by atoms with Crippen molar-refractivity contribution in [3.05, 3.63) is 101 Å². The van der Waals surface area contributed by atoms with Crippen molar-refractivity contribution in [2.45, 2.75) is 18.0 Å². The summed E-state index contributed by atoms with van der Waals surface area (Å²) in [5.41, 5.74) is 1.25. The van der Waals surface area contributed by atoms with Gasteiger partial charge in [0, 0.05) is 5.56 Å². The highest BCUT2D eigenvalue weighted by Gasteiger charge is 2.29. The zero-order valence-electron chi connectivity index (χ0n) is 17.1. The van der Waals surface area contributed by atoms with Crippen molar-refractivity contribution in [2.24, 2.45) is 0 Å². The molecule has 0 saturated heterocycles. The van der Waals surface area contributed by atoms with Gasteiger partial charge in [0.1, 0.15) is 6.29 Å². The van der Waals surface area contributed by atoms with E-state index in [1.165, 1.54) is 30.3 Å². The van der Waals surface area contributed by atoms with Gasteiger partial charge in [-0.15, -0.1) is 0 Å². The number of nitrogens with zero attached hydrogens (tertiary/aromatic N) is 1. The second-order valence-electron chi connectivity index (χ2n) is 7.08. The fourth-order valence-corrected chi connectivity index (χ4v) is 4.41. The average Bonchev–Trinajstić information content (AvgIpc) is 2.76. The quantitative estimate of drug-likeness (QED) is 0.424. The first-order valence-electron chi connectivity index (χ1n) is 9.60. The van der Waals surface area contributed by atoms with Gasteiger partial charge in [-0.25, -0.2) is 8.42 Å². The number of aryl methyl sites for hydroxylation is 1. The predicted molar refractivity (Wildman–Crippen MR) is 118 cm³/mol. The van der Waals surface area contributed by atoms with E-state index >= 15 is 0 Å². The first kappa shape index (κ1) is 23.3. The fraction of sp³-hybridized carbons (Fsp3) is 0.125. The molecule has 0 radical (unpaired) electrons. The number of hydrogen-bond acceptors (Lipinski definition) is 3. The van der Waals surface area contributed by atoms with E-state index in [0.29, 0.717) is 23.1 Å². The molecular weight excluding hydrogens is 439 g/mol. The molecule has 0 aliphatic heterocycles. The van der Waals surface area contributed by atoms with E-state index < -0.39 is 21.8 Å². The minimum Gasteiger partial charge on any atom is -0.298 e. The standard InChI is InChI=1S/C24H20F3NO3S/c1-18-7-13-23(14-8-18)32(30,31)28(22-6-2-4-20(16-22)17-29)15-3-5-19-9-11-21(12-10-19)24(25,26)27/h2-14,16-17H,15H2,1H3/b5-3+. The monoisotopic (exact) mass is 459 g/mol.